The van der Waals surface area contributed by atoms with Gasteiger partial charge in [-0.25, -0.2) is 0 Å². The molecule has 0 spiro atoms. The molecule has 0 aromatic carbocycles. The smallest absolute Gasteiger partial charge is 0.237 e. The van der Waals surface area contributed by atoms with Gasteiger partial charge in [0, 0.05) is 6.04 Å². The molecule has 0 heterocycles. The van der Waals surface area contributed by atoms with Gasteiger partial charge in [0.05, 0.1) is 6.04 Å². The number of nitrogens with zero attached hydrogens (tertiary/aromatic N) is 1. The second-order valence-electron chi connectivity index (χ2n) is 4.77. The van der Waals surface area contributed by atoms with Gasteiger partial charge < -0.3 is 5.32 Å². The van der Waals surface area contributed by atoms with Crippen LogP contribution in [-0.2, 0) is 4.79 Å². The first-order valence-corrected chi connectivity index (χ1v) is 5.31. The molecule has 0 bridgehead atoms. The molecular formula is C11H24N2O. The first-order valence-electron chi connectivity index (χ1n) is 5.31. The summed E-state index contributed by atoms with van der Waals surface area (Å²) in [5.74, 6) is 0.680. The van der Waals surface area contributed by atoms with E-state index >= 15 is 0 Å². The van der Waals surface area contributed by atoms with Crippen molar-refractivity contribution in [3.8, 4) is 0 Å². The topological polar surface area (TPSA) is 32.3 Å². The largest absolute Gasteiger partial charge is 0.353 e. The van der Waals surface area contributed by atoms with Crippen LogP contribution in [0.3, 0.4) is 0 Å². The number of carbonyl (C=O) groups excluding carboxylic acids is 1. The van der Waals surface area contributed by atoms with Crippen molar-refractivity contribution in [3.63, 3.8) is 0 Å². The second kappa shape index (κ2) is 6.02. The molecule has 1 atom stereocenters. The van der Waals surface area contributed by atoms with Gasteiger partial charge in [-0.1, -0.05) is 13.8 Å². The number of nitrogens with one attached hydrogen (secondary N) is 1. The predicted molar refractivity (Wildman–Crippen MR) is 60.2 cm³/mol. The van der Waals surface area contributed by atoms with Crippen LogP contribution in [0.4, 0.5) is 0 Å². The molecule has 0 fully saturated rings. The van der Waals surface area contributed by atoms with Crippen LogP contribution in [0, 0.1) is 5.92 Å². The van der Waals surface area contributed by atoms with Gasteiger partial charge in [0.15, 0.2) is 0 Å². The van der Waals surface area contributed by atoms with Gasteiger partial charge in [0.1, 0.15) is 0 Å². The number of hydrogen-bond donors (Lipinski definition) is 1. The van der Waals surface area contributed by atoms with Gasteiger partial charge in [-0.3, -0.25) is 9.69 Å². The van der Waals surface area contributed by atoms with E-state index in [0.717, 1.165) is 6.42 Å². The molecule has 0 aromatic heterocycles. The van der Waals surface area contributed by atoms with Crippen molar-refractivity contribution in [1.29, 1.82) is 0 Å². The summed E-state index contributed by atoms with van der Waals surface area (Å²) < 4.78 is 0. The molecule has 0 saturated heterocycles. The zero-order valence-electron chi connectivity index (χ0n) is 10.3. The van der Waals surface area contributed by atoms with Crippen LogP contribution in [0.5, 0.6) is 0 Å². The molecule has 0 radical (unpaired) electrons. The zero-order valence-corrected chi connectivity index (χ0v) is 10.3. The van der Waals surface area contributed by atoms with E-state index < -0.39 is 0 Å². The molecule has 0 aliphatic rings. The van der Waals surface area contributed by atoms with Crippen molar-refractivity contribution >= 4 is 5.91 Å². The lowest BCUT2D eigenvalue weighted by Gasteiger charge is -2.25. The predicted octanol–water partition coefficient (Wildman–Crippen LogP) is 1.49. The van der Waals surface area contributed by atoms with Crippen LogP contribution in [0.2, 0.25) is 0 Å². The Bertz CT molecular complexity index is 176. The fraction of sp³-hybridized carbons (Fsp3) is 0.909. The van der Waals surface area contributed by atoms with Crippen molar-refractivity contribution in [2.24, 2.45) is 5.92 Å². The Hall–Kier alpha value is -0.570. The lowest BCUT2D eigenvalue weighted by molar-refractivity contribution is -0.126. The van der Waals surface area contributed by atoms with E-state index in [9.17, 15) is 4.79 Å². The van der Waals surface area contributed by atoms with Gasteiger partial charge >= 0.3 is 0 Å². The van der Waals surface area contributed by atoms with Gasteiger partial charge in [0.2, 0.25) is 5.91 Å². The molecule has 0 aliphatic heterocycles. The Morgan fingerprint density at radius 2 is 1.71 bits per heavy atom. The Kier molecular flexibility index (Phi) is 5.77. The molecule has 0 rings (SSSR count). The number of carbonyl (C=O) groups is 1. The van der Waals surface area contributed by atoms with Crippen molar-refractivity contribution in [2.45, 2.75) is 46.2 Å². The van der Waals surface area contributed by atoms with Crippen molar-refractivity contribution in [2.75, 3.05) is 14.1 Å². The summed E-state index contributed by atoms with van der Waals surface area (Å²) in [7, 11) is 3.90. The molecule has 0 aromatic rings. The maximum atomic E-state index is 11.8. The van der Waals surface area contributed by atoms with E-state index in [1.54, 1.807) is 0 Å². The van der Waals surface area contributed by atoms with Gasteiger partial charge in [-0.2, -0.15) is 0 Å². The van der Waals surface area contributed by atoms with Crippen LogP contribution in [0.15, 0.2) is 0 Å². The van der Waals surface area contributed by atoms with Crippen molar-refractivity contribution < 1.29 is 4.79 Å². The van der Waals surface area contributed by atoms with Crippen LogP contribution < -0.4 is 5.32 Å². The van der Waals surface area contributed by atoms with E-state index in [-0.39, 0.29) is 18.0 Å². The Morgan fingerprint density at radius 3 is 2.00 bits per heavy atom. The lowest BCUT2D eigenvalue weighted by Crippen LogP contribution is -2.46. The molecule has 1 amide bonds. The first kappa shape index (κ1) is 13.4. The summed E-state index contributed by atoms with van der Waals surface area (Å²) in [6.45, 7) is 8.25. The highest BCUT2D eigenvalue weighted by molar-refractivity contribution is 5.81. The normalized spacial score (nSPS) is 13.8. The third-order valence-corrected chi connectivity index (χ3v) is 2.05. The molecule has 3 nitrogen and oxygen atoms in total. The SMILES string of the molecule is CC(C)CC(C(=O)NC(C)C)N(C)C. The number of hydrogen-bond acceptors (Lipinski definition) is 2. The third-order valence-electron chi connectivity index (χ3n) is 2.05. The quantitative estimate of drug-likeness (QED) is 0.729. The summed E-state index contributed by atoms with van der Waals surface area (Å²) in [4.78, 5) is 13.8. The fourth-order valence-corrected chi connectivity index (χ4v) is 1.38. The molecule has 1 unspecified atom stereocenters. The van der Waals surface area contributed by atoms with Gasteiger partial charge in [-0.05, 0) is 40.3 Å². The minimum Gasteiger partial charge on any atom is -0.353 e. The molecular weight excluding hydrogens is 176 g/mol. The van der Waals surface area contributed by atoms with E-state index in [0.29, 0.717) is 5.92 Å². The summed E-state index contributed by atoms with van der Waals surface area (Å²) in [5, 5.41) is 2.95. The van der Waals surface area contributed by atoms with Crippen LogP contribution in [0.25, 0.3) is 0 Å². The molecule has 3 heteroatoms. The Morgan fingerprint density at radius 1 is 1.21 bits per heavy atom. The molecule has 14 heavy (non-hydrogen) atoms. The Balaban J connectivity index is 4.26. The van der Waals surface area contributed by atoms with Crippen LogP contribution in [-0.4, -0.2) is 37.0 Å². The van der Waals surface area contributed by atoms with E-state index in [1.165, 1.54) is 0 Å². The fourth-order valence-electron chi connectivity index (χ4n) is 1.38. The average Bonchev–Trinajstić information content (AvgIpc) is 1.97. The maximum Gasteiger partial charge on any atom is 0.237 e. The zero-order chi connectivity index (χ0) is 11.3. The number of rotatable bonds is 5. The first-order chi connectivity index (χ1) is 6.34. The maximum absolute atomic E-state index is 11.8. The number of amides is 1. The van der Waals surface area contributed by atoms with E-state index in [2.05, 4.69) is 19.2 Å². The average molecular weight is 200 g/mol. The van der Waals surface area contributed by atoms with Crippen molar-refractivity contribution in [3.05, 3.63) is 0 Å². The van der Waals surface area contributed by atoms with Gasteiger partial charge in [-0.15, -0.1) is 0 Å². The third kappa shape index (κ3) is 5.22. The highest BCUT2D eigenvalue weighted by Crippen LogP contribution is 2.09. The molecule has 0 aliphatic carbocycles. The number of likely N-dealkylation sites (N-methyl/N-ethyl adjacent to an activating group) is 1. The summed E-state index contributed by atoms with van der Waals surface area (Å²) in [6, 6.07) is 0.217. The Labute approximate surface area is 87.9 Å². The highest BCUT2D eigenvalue weighted by Gasteiger charge is 2.21. The van der Waals surface area contributed by atoms with Crippen LogP contribution in [0.1, 0.15) is 34.1 Å². The van der Waals surface area contributed by atoms with Gasteiger partial charge in [0.25, 0.3) is 0 Å². The monoisotopic (exact) mass is 200 g/mol. The summed E-state index contributed by atoms with van der Waals surface area (Å²) in [5.41, 5.74) is 0. The standard InChI is InChI=1S/C11H24N2O/c1-8(2)7-10(13(5)6)11(14)12-9(3)4/h8-10H,7H2,1-6H3,(H,12,14). The van der Waals surface area contributed by atoms with E-state index in [4.69, 9.17) is 0 Å². The highest BCUT2D eigenvalue weighted by atomic mass is 16.2. The molecule has 84 valence electrons. The molecule has 1 N–H and O–H groups in total. The van der Waals surface area contributed by atoms with E-state index in [1.807, 2.05) is 32.8 Å². The minimum atomic E-state index is -0.00241. The second-order valence-corrected chi connectivity index (χ2v) is 4.77. The summed E-state index contributed by atoms with van der Waals surface area (Å²) in [6.07, 6.45) is 0.908. The summed E-state index contributed by atoms with van der Waals surface area (Å²) >= 11 is 0. The van der Waals surface area contributed by atoms with Crippen molar-refractivity contribution in [1.82, 2.24) is 10.2 Å². The lowest BCUT2D eigenvalue weighted by atomic mass is 10.0. The van der Waals surface area contributed by atoms with Crippen LogP contribution >= 0.6 is 0 Å². The minimum absolute atomic E-state index is 0.00241. The molecule has 0 saturated carbocycles.